The summed E-state index contributed by atoms with van der Waals surface area (Å²) in [4.78, 5) is 29.6. The highest BCUT2D eigenvalue weighted by Gasteiger charge is 2.42. The predicted molar refractivity (Wildman–Crippen MR) is 166 cm³/mol. The third kappa shape index (κ3) is 6.26. The zero-order chi connectivity index (χ0) is 30.7. The Labute approximate surface area is 252 Å². The van der Waals surface area contributed by atoms with Gasteiger partial charge in [0.1, 0.15) is 5.75 Å². The van der Waals surface area contributed by atoms with E-state index in [9.17, 15) is 14.7 Å². The monoisotopic (exact) mass is 585 g/mol. The van der Waals surface area contributed by atoms with Crippen molar-refractivity contribution in [2.45, 2.75) is 39.2 Å². The van der Waals surface area contributed by atoms with Gasteiger partial charge in [-0.15, -0.1) is 0 Å². The van der Waals surface area contributed by atoms with Crippen LogP contribution in [0.3, 0.4) is 0 Å². The van der Waals surface area contributed by atoms with Crippen LogP contribution in [-0.4, -0.2) is 51.2 Å². The quantitative estimate of drug-likeness (QED) is 0.307. The lowest BCUT2D eigenvalue weighted by Crippen LogP contribution is -2.42. The van der Waals surface area contributed by atoms with Gasteiger partial charge in [0.2, 0.25) is 11.7 Å². The number of rotatable bonds is 9. The van der Waals surface area contributed by atoms with Gasteiger partial charge in [0.15, 0.2) is 17.3 Å². The fraction of sp³-hybridized carbons (Fsp3) is 0.353. The molecule has 0 saturated carbocycles. The van der Waals surface area contributed by atoms with Crippen molar-refractivity contribution in [3.05, 3.63) is 83.1 Å². The third-order valence-electron chi connectivity index (χ3n) is 7.99. The Hall–Kier alpha value is -4.66. The predicted octanol–water partition coefficient (Wildman–Crippen LogP) is 5.39. The molecule has 0 spiro atoms. The molecule has 0 radical (unpaired) electrons. The molecule has 9 nitrogen and oxygen atoms in total. The minimum absolute atomic E-state index is 0.00303. The van der Waals surface area contributed by atoms with Crippen molar-refractivity contribution in [3.8, 4) is 23.0 Å². The van der Waals surface area contributed by atoms with Gasteiger partial charge in [-0.2, -0.15) is 0 Å². The number of carbonyl (C=O) groups excluding carboxylic acids is 2. The Kier molecular flexibility index (Phi) is 8.52. The summed E-state index contributed by atoms with van der Waals surface area (Å²) in [5.41, 5.74) is 4.62. The third-order valence-corrected chi connectivity index (χ3v) is 7.99. The SMILES string of the molecule is COc1cc(C2C3=C(CC(C)(C)CC3=O)Nc3ccccc3N2CC(=O)NCCc2ccc(O)cc2)cc(OC)c1OC. The van der Waals surface area contributed by atoms with Crippen molar-refractivity contribution in [2.75, 3.05) is 44.6 Å². The van der Waals surface area contributed by atoms with Gasteiger partial charge in [-0.25, -0.2) is 0 Å². The van der Waals surface area contributed by atoms with E-state index in [4.69, 9.17) is 14.2 Å². The standard InChI is InChI=1S/C34H39N3O6/c1-34(2)18-25-31(27(39)19-34)32(22-16-28(41-3)33(43-5)29(17-22)42-4)37(26-9-7-6-8-24(26)36-25)20-30(40)35-15-14-21-10-12-23(38)13-11-21/h6-13,16-17,32,36,38H,14-15,18-20H2,1-5H3,(H,35,40). The van der Waals surface area contributed by atoms with Crippen LogP contribution in [-0.2, 0) is 16.0 Å². The zero-order valence-electron chi connectivity index (χ0n) is 25.3. The number of aromatic hydroxyl groups is 1. The second-order valence-electron chi connectivity index (χ2n) is 11.7. The summed E-state index contributed by atoms with van der Waals surface area (Å²) in [6.45, 7) is 4.62. The van der Waals surface area contributed by atoms with Gasteiger partial charge >= 0.3 is 0 Å². The summed E-state index contributed by atoms with van der Waals surface area (Å²) in [6, 6.07) is 17.8. The molecule has 2 aliphatic rings. The van der Waals surface area contributed by atoms with E-state index in [1.54, 1.807) is 33.5 Å². The molecule has 43 heavy (non-hydrogen) atoms. The highest BCUT2D eigenvalue weighted by atomic mass is 16.5. The Morgan fingerprint density at radius 1 is 1.00 bits per heavy atom. The highest BCUT2D eigenvalue weighted by Crippen LogP contribution is 2.50. The number of nitrogens with one attached hydrogen (secondary N) is 2. The molecule has 0 bridgehead atoms. The maximum Gasteiger partial charge on any atom is 0.239 e. The van der Waals surface area contributed by atoms with Crippen molar-refractivity contribution in [3.63, 3.8) is 0 Å². The van der Waals surface area contributed by atoms with Crippen molar-refractivity contribution in [1.82, 2.24) is 5.32 Å². The number of allylic oxidation sites excluding steroid dienone is 1. The first-order valence-corrected chi connectivity index (χ1v) is 14.4. The topological polar surface area (TPSA) is 109 Å². The molecule has 1 atom stereocenters. The minimum atomic E-state index is -0.605. The number of phenolic OH excluding ortho intramolecular Hbond substituents is 1. The molecule has 1 aliphatic heterocycles. The Balaban J connectivity index is 1.59. The number of carbonyl (C=O) groups is 2. The lowest BCUT2D eigenvalue weighted by atomic mass is 9.73. The van der Waals surface area contributed by atoms with E-state index in [0.717, 1.165) is 28.2 Å². The fourth-order valence-electron chi connectivity index (χ4n) is 6.05. The van der Waals surface area contributed by atoms with E-state index in [0.29, 0.717) is 48.6 Å². The number of fused-ring (bicyclic) bond motifs is 1. The van der Waals surface area contributed by atoms with Gasteiger partial charge in [-0.1, -0.05) is 38.1 Å². The molecule has 9 heteroatoms. The first-order chi connectivity index (χ1) is 20.6. The Morgan fingerprint density at radius 3 is 2.33 bits per heavy atom. The summed E-state index contributed by atoms with van der Waals surface area (Å²) in [7, 11) is 4.67. The molecule has 226 valence electrons. The minimum Gasteiger partial charge on any atom is -0.508 e. The lowest BCUT2D eigenvalue weighted by molar-refractivity contribution is -0.120. The van der Waals surface area contributed by atoms with Crippen LogP contribution in [0.1, 0.15) is 43.9 Å². The number of phenols is 1. The molecular formula is C34H39N3O6. The van der Waals surface area contributed by atoms with Gasteiger partial charge in [0.25, 0.3) is 0 Å². The molecule has 1 aliphatic carbocycles. The maximum atomic E-state index is 14.0. The van der Waals surface area contributed by atoms with Gasteiger partial charge in [0.05, 0.1) is 45.3 Å². The number of para-hydroxylation sites is 2. The maximum absolute atomic E-state index is 14.0. The molecule has 3 aromatic rings. The van der Waals surface area contributed by atoms with Crippen molar-refractivity contribution < 1.29 is 28.9 Å². The Morgan fingerprint density at radius 2 is 1.67 bits per heavy atom. The molecule has 0 saturated heterocycles. The van der Waals surface area contributed by atoms with Gasteiger partial charge in [-0.05, 0) is 65.8 Å². The van der Waals surface area contributed by atoms with Crippen molar-refractivity contribution >= 4 is 23.1 Å². The van der Waals surface area contributed by atoms with E-state index in [1.807, 2.05) is 53.4 Å². The summed E-state index contributed by atoms with van der Waals surface area (Å²) in [5, 5.41) is 16.2. The number of hydrogen-bond donors (Lipinski definition) is 3. The van der Waals surface area contributed by atoms with Crippen molar-refractivity contribution in [2.24, 2.45) is 5.41 Å². The first-order valence-electron chi connectivity index (χ1n) is 14.4. The van der Waals surface area contributed by atoms with E-state index in [2.05, 4.69) is 24.5 Å². The molecule has 5 rings (SSSR count). The molecule has 3 N–H and O–H groups in total. The summed E-state index contributed by atoms with van der Waals surface area (Å²) in [5.74, 6) is 1.43. The number of Topliss-reactive ketones (excluding diaryl/α,β-unsaturated/α-hetero) is 1. The number of nitrogens with zero attached hydrogens (tertiary/aromatic N) is 1. The number of methoxy groups -OCH3 is 3. The number of anilines is 2. The first kappa shape index (κ1) is 29.8. The number of ketones is 1. The van der Waals surface area contributed by atoms with Crippen LogP contribution in [0.4, 0.5) is 11.4 Å². The second-order valence-corrected chi connectivity index (χ2v) is 11.7. The summed E-state index contributed by atoms with van der Waals surface area (Å²) >= 11 is 0. The van der Waals surface area contributed by atoms with Crippen LogP contribution in [0.2, 0.25) is 0 Å². The summed E-state index contributed by atoms with van der Waals surface area (Å²) < 4.78 is 17.0. The van der Waals surface area contributed by atoms with Crippen LogP contribution < -0.4 is 29.7 Å². The number of amides is 1. The van der Waals surface area contributed by atoms with Gasteiger partial charge < -0.3 is 34.9 Å². The van der Waals surface area contributed by atoms with Crippen LogP contribution in [0, 0.1) is 5.41 Å². The van der Waals surface area contributed by atoms with E-state index in [1.165, 1.54) is 0 Å². The molecule has 1 heterocycles. The average molecular weight is 586 g/mol. The normalized spacial score (nSPS) is 17.3. The van der Waals surface area contributed by atoms with Crippen molar-refractivity contribution in [1.29, 1.82) is 0 Å². The molecule has 3 aromatic carbocycles. The van der Waals surface area contributed by atoms with Crippen LogP contribution >= 0.6 is 0 Å². The number of hydrogen-bond acceptors (Lipinski definition) is 8. The smallest absolute Gasteiger partial charge is 0.239 e. The van der Waals surface area contributed by atoms with Gasteiger partial charge in [0, 0.05) is 24.2 Å². The van der Waals surface area contributed by atoms with Gasteiger partial charge in [-0.3, -0.25) is 9.59 Å². The largest absolute Gasteiger partial charge is 0.508 e. The number of benzene rings is 3. The zero-order valence-corrected chi connectivity index (χ0v) is 25.3. The summed E-state index contributed by atoms with van der Waals surface area (Å²) in [6.07, 6.45) is 1.68. The molecule has 0 fully saturated rings. The highest BCUT2D eigenvalue weighted by molar-refractivity contribution is 6.02. The molecular weight excluding hydrogens is 546 g/mol. The van der Waals surface area contributed by atoms with E-state index in [-0.39, 0.29) is 29.4 Å². The van der Waals surface area contributed by atoms with Crippen LogP contribution in [0.25, 0.3) is 0 Å². The van der Waals surface area contributed by atoms with E-state index >= 15 is 0 Å². The Bertz CT molecular complexity index is 1520. The molecule has 1 unspecified atom stereocenters. The second kappa shape index (κ2) is 12.3. The molecule has 1 amide bonds. The lowest BCUT2D eigenvalue weighted by Gasteiger charge is -2.38. The fourth-order valence-corrected chi connectivity index (χ4v) is 6.05. The van der Waals surface area contributed by atoms with E-state index < -0.39 is 6.04 Å². The van der Waals surface area contributed by atoms with Crippen LogP contribution in [0.15, 0.2) is 71.9 Å². The average Bonchev–Trinajstić information content (AvgIpc) is 3.11. The van der Waals surface area contributed by atoms with Crippen LogP contribution in [0.5, 0.6) is 23.0 Å². The number of ether oxygens (including phenoxy) is 3. The molecule has 0 aromatic heterocycles.